The first-order chi connectivity index (χ1) is 22.8. The number of benzene rings is 7. The third-order valence-electron chi connectivity index (χ3n) is 9.21. The van der Waals surface area contributed by atoms with Gasteiger partial charge in [0.2, 0.25) is 0 Å². The largest absolute Gasteiger partial charge is 0.456 e. The first-order valence-electron chi connectivity index (χ1n) is 15.8. The van der Waals surface area contributed by atoms with Crippen LogP contribution in [0.4, 0.5) is 0 Å². The van der Waals surface area contributed by atoms with E-state index in [2.05, 4.69) is 146 Å². The van der Waals surface area contributed by atoms with E-state index in [1.807, 2.05) is 23.9 Å². The zero-order valence-electron chi connectivity index (χ0n) is 25.2. The maximum Gasteiger partial charge on any atom is 0.136 e. The van der Waals surface area contributed by atoms with Crippen LogP contribution >= 0.6 is 11.8 Å². The Morgan fingerprint density at radius 1 is 0.348 bits per heavy atom. The average Bonchev–Trinajstić information content (AvgIpc) is 3.40. The molecular formula is C44H30OS. The summed E-state index contributed by atoms with van der Waals surface area (Å²) >= 11 is 2.00. The number of rotatable bonds is 4. The van der Waals surface area contributed by atoms with E-state index in [4.69, 9.17) is 4.42 Å². The van der Waals surface area contributed by atoms with Gasteiger partial charge < -0.3 is 4.42 Å². The molecule has 9 rings (SSSR count). The Labute approximate surface area is 273 Å². The van der Waals surface area contributed by atoms with Gasteiger partial charge in [0.15, 0.2) is 0 Å². The minimum absolute atomic E-state index is 0.932. The van der Waals surface area contributed by atoms with Gasteiger partial charge in [-0.2, -0.15) is 11.8 Å². The Hall–Kier alpha value is -5.31. The fourth-order valence-electron chi connectivity index (χ4n) is 6.85. The number of hydrogen-bond donors (Lipinski definition) is 0. The van der Waals surface area contributed by atoms with Crippen LogP contribution in [0.25, 0.3) is 77.6 Å². The van der Waals surface area contributed by atoms with Crippen molar-refractivity contribution in [3.63, 3.8) is 0 Å². The van der Waals surface area contributed by atoms with Gasteiger partial charge in [0.05, 0.1) is 0 Å². The van der Waals surface area contributed by atoms with Gasteiger partial charge in [-0.25, -0.2) is 0 Å². The fourth-order valence-corrected chi connectivity index (χ4v) is 7.89. The van der Waals surface area contributed by atoms with Crippen molar-refractivity contribution >= 4 is 33.7 Å². The topological polar surface area (TPSA) is 13.1 Å². The second kappa shape index (κ2) is 11.2. The Balaban J connectivity index is 1.13. The van der Waals surface area contributed by atoms with Crippen LogP contribution in [0.2, 0.25) is 0 Å². The maximum absolute atomic E-state index is 6.23. The monoisotopic (exact) mass is 606 g/mol. The van der Waals surface area contributed by atoms with Gasteiger partial charge in [-0.3, -0.25) is 0 Å². The smallest absolute Gasteiger partial charge is 0.136 e. The highest BCUT2D eigenvalue weighted by Crippen LogP contribution is 2.42. The van der Waals surface area contributed by atoms with E-state index in [1.54, 1.807) is 0 Å². The van der Waals surface area contributed by atoms with Crippen LogP contribution in [-0.2, 0) is 11.5 Å². The van der Waals surface area contributed by atoms with Crippen molar-refractivity contribution in [2.45, 2.75) is 11.5 Å². The molecule has 0 atom stereocenters. The molecule has 0 spiro atoms. The summed E-state index contributed by atoms with van der Waals surface area (Å²) in [5.41, 5.74) is 17.1. The summed E-state index contributed by atoms with van der Waals surface area (Å²) in [6, 6.07) is 57.3. The van der Waals surface area contributed by atoms with Gasteiger partial charge in [-0.1, -0.05) is 109 Å². The van der Waals surface area contributed by atoms with Gasteiger partial charge in [-0.15, -0.1) is 0 Å². The van der Waals surface area contributed by atoms with Gasteiger partial charge >= 0.3 is 0 Å². The Morgan fingerprint density at radius 2 is 0.913 bits per heavy atom. The van der Waals surface area contributed by atoms with Crippen molar-refractivity contribution in [1.29, 1.82) is 0 Å². The predicted octanol–water partition coefficient (Wildman–Crippen LogP) is 12.7. The first kappa shape index (κ1) is 27.0. The molecule has 0 N–H and O–H groups in total. The third-order valence-corrected chi connectivity index (χ3v) is 10.2. The fraction of sp³-hybridized carbons (Fsp3) is 0.0455. The Morgan fingerprint density at radius 3 is 1.67 bits per heavy atom. The Bertz CT molecular complexity index is 2330. The summed E-state index contributed by atoms with van der Waals surface area (Å²) in [6.45, 7) is 0. The molecule has 2 heterocycles. The molecule has 0 saturated carbocycles. The molecule has 2 heteroatoms. The molecule has 1 nitrogen and oxygen atoms in total. The highest BCUT2D eigenvalue weighted by Gasteiger charge is 2.18. The first-order valence-corrected chi connectivity index (χ1v) is 16.9. The SMILES string of the molecule is c1ccc(-c2cc(-c3ccccc3)cc(-c3ccc4c(c3)CSCc3ccc(-c5ccc6c(c5)oc5ccccc56)cc3-4)c2)cc1. The summed E-state index contributed by atoms with van der Waals surface area (Å²) in [5, 5.41) is 2.33. The third kappa shape index (κ3) is 4.83. The highest BCUT2D eigenvalue weighted by atomic mass is 32.2. The summed E-state index contributed by atoms with van der Waals surface area (Å²) in [4.78, 5) is 0. The maximum atomic E-state index is 6.23. The lowest BCUT2D eigenvalue weighted by atomic mass is 9.89. The van der Waals surface area contributed by atoms with Crippen LogP contribution in [0, 0.1) is 0 Å². The summed E-state index contributed by atoms with van der Waals surface area (Å²) in [6.07, 6.45) is 0. The molecule has 0 radical (unpaired) electrons. The van der Waals surface area contributed by atoms with E-state index < -0.39 is 0 Å². The predicted molar refractivity (Wildman–Crippen MR) is 196 cm³/mol. The van der Waals surface area contributed by atoms with Crippen molar-refractivity contribution in [1.82, 2.24) is 0 Å². The van der Waals surface area contributed by atoms with Crippen LogP contribution in [0.3, 0.4) is 0 Å². The second-order valence-corrected chi connectivity index (χ2v) is 13.1. The molecule has 1 aromatic heterocycles. The summed E-state index contributed by atoms with van der Waals surface area (Å²) in [5.74, 6) is 1.99. The molecule has 7 aromatic carbocycles. The lowest BCUT2D eigenvalue weighted by molar-refractivity contribution is 0.669. The highest BCUT2D eigenvalue weighted by molar-refractivity contribution is 7.97. The van der Waals surface area contributed by atoms with Crippen LogP contribution in [0.5, 0.6) is 0 Å². The average molecular weight is 607 g/mol. The molecule has 0 bridgehead atoms. The quantitative estimate of drug-likeness (QED) is 0.198. The molecule has 0 amide bonds. The van der Waals surface area contributed by atoms with Crippen molar-refractivity contribution in [3.05, 3.63) is 169 Å². The van der Waals surface area contributed by atoms with Crippen molar-refractivity contribution in [2.24, 2.45) is 0 Å². The van der Waals surface area contributed by atoms with Gasteiger partial charge in [-0.05, 0) is 115 Å². The lowest BCUT2D eigenvalue weighted by Gasteiger charge is -2.15. The molecule has 1 aliphatic rings. The molecule has 218 valence electrons. The number of thioether (sulfide) groups is 1. The molecular weight excluding hydrogens is 577 g/mol. The van der Waals surface area contributed by atoms with E-state index in [-0.39, 0.29) is 0 Å². The van der Waals surface area contributed by atoms with Gasteiger partial charge in [0, 0.05) is 22.3 Å². The van der Waals surface area contributed by atoms with Gasteiger partial charge in [0.25, 0.3) is 0 Å². The molecule has 0 aliphatic carbocycles. The summed E-state index contributed by atoms with van der Waals surface area (Å²) in [7, 11) is 0. The van der Waals surface area contributed by atoms with Crippen LogP contribution in [0.1, 0.15) is 11.1 Å². The van der Waals surface area contributed by atoms with Crippen molar-refractivity contribution in [2.75, 3.05) is 0 Å². The molecule has 46 heavy (non-hydrogen) atoms. The number of furan rings is 1. The molecule has 0 saturated heterocycles. The zero-order chi connectivity index (χ0) is 30.5. The van der Waals surface area contributed by atoms with Gasteiger partial charge in [0.1, 0.15) is 11.2 Å². The van der Waals surface area contributed by atoms with Crippen molar-refractivity contribution in [3.8, 4) is 55.6 Å². The van der Waals surface area contributed by atoms with E-state index in [0.29, 0.717) is 0 Å². The molecule has 1 aliphatic heterocycles. The number of para-hydroxylation sites is 1. The molecule has 0 unspecified atom stereocenters. The normalized spacial score (nSPS) is 12.5. The lowest BCUT2D eigenvalue weighted by Crippen LogP contribution is -1.92. The van der Waals surface area contributed by atoms with E-state index in [0.717, 1.165) is 33.4 Å². The summed E-state index contributed by atoms with van der Waals surface area (Å²) < 4.78 is 6.23. The zero-order valence-corrected chi connectivity index (χ0v) is 26.1. The van der Waals surface area contributed by atoms with E-state index in [9.17, 15) is 0 Å². The molecule has 8 aromatic rings. The molecule has 0 fully saturated rings. The van der Waals surface area contributed by atoms with E-state index in [1.165, 1.54) is 66.8 Å². The van der Waals surface area contributed by atoms with E-state index >= 15 is 0 Å². The standard InChI is InChI=1S/C44H30OS/c1-3-9-29(10-4-1)35-22-36(30-11-5-2-6-12-30)24-37(23-35)31-17-19-39-38(21-31)28-46-27-34-16-15-32(25-42(34)39)33-18-20-41-40-13-7-8-14-43(40)45-44(41)26-33/h1-26H,27-28H2. The van der Waals surface area contributed by atoms with Crippen LogP contribution in [-0.4, -0.2) is 0 Å². The minimum atomic E-state index is 0.932. The number of fused-ring (bicyclic) bond motifs is 6. The van der Waals surface area contributed by atoms with Crippen molar-refractivity contribution < 1.29 is 4.42 Å². The Kier molecular flexibility index (Phi) is 6.61. The van der Waals surface area contributed by atoms with Crippen LogP contribution in [0.15, 0.2) is 162 Å². The minimum Gasteiger partial charge on any atom is -0.456 e. The number of hydrogen-bond acceptors (Lipinski definition) is 2. The second-order valence-electron chi connectivity index (χ2n) is 12.1. The van der Waals surface area contributed by atoms with Crippen LogP contribution < -0.4 is 0 Å².